The summed E-state index contributed by atoms with van der Waals surface area (Å²) in [5.41, 5.74) is 6.49. The van der Waals surface area contributed by atoms with E-state index >= 15 is 0 Å². The number of methoxy groups -OCH3 is 1. The molecule has 4 rings (SSSR count). The summed E-state index contributed by atoms with van der Waals surface area (Å²) in [7, 11) is 1.27. The summed E-state index contributed by atoms with van der Waals surface area (Å²) in [5, 5.41) is 2.73. The van der Waals surface area contributed by atoms with Crippen LogP contribution in [0.4, 0.5) is 6.01 Å². The Morgan fingerprint density at radius 1 is 1.46 bits per heavy atom. The van der Waals surface area contributed by atoms with E-state index in [1.54, 1.807) is 19.1 Å². The number of carbonyl (C=O) groups is 2. The lowest BCUT2D eigenvalue weighted by molar-refractivity contribution is -0.137. The number of allylic oxidation sites excluding steroid dienone is 1. The van der Waals surface area contributed by atoms with E-state index in [9.17, 15) is 9.59 Å². The molecule has 0 fully saturated rings. The first-order valence-corrected chi connectivity index (χ1v) is 7.88. The molecule has 2 aromatic rings. The van der Waals surface area contributed by atoms with Gasteiger partial charge >= 0.3 is 5.97 Å². The Hall–Kier alpha value is -2.61. The third-order valence-corrected chi connectivity index (χ3v) is 4.90. The van der Waals surface area contributed by atoms with Gasteiger partial charge in [-0.2, -0.15) is 4.98 Å². The Morgan fingerprint density at radius 2 is 2.21 bits per heavy atom. The smallest absolute Gasteiger partial charge is 0.337 e. The van der Waals surface area contributed by atoms with Gasteiger partial charge in [0.25, 0.3) is 6.01 Å². The van der Waals surface area contributed by atoms with Gasteiger partial charge in [0.15, 0.2) is 11.2 Å². The zero-order valence-corrected chi connectivity index (χ0v) is 14.4. The molecule has 2 heterocycles. The van der Waals surface area contributed by atoms with Gasteiger partial charge in [-0.05, 0) is 30.7 Å². The third-order valence-electron chi connectivity index (χ3n) is 4.41. The number of rotatable bonds is 1. The maximum Gasteiger partial charge on any atom is 0.337 e. The summed E-state index contributed by atoms with van der Waals surface area (Å²) in [4.78, 5) is 29.7. The van der Waals surface area contributed by atoms with Crippen LogP contribution in [0.5, 0.6) is 0 Å². The number of hydrogen-bond acceptors (Lipinski definition) is 6. The van der Waals surface area contributed by atoms with Gasteiger partial charge in [0.2, 0.25) is 5.91 Å². The van der Waals surface area contributed by atoms with Crippen LogP contribution in [0.3, 0.4) is 0 Å². The van der Waals surface area contributed by atoms with Crippen LogP contribution in [0.2, 0.25) is 0 Å². The van der Waals surface area contributed by atoms with E-state index in [4.69, 9.17) is 14.9 Å². The lowest BCUT2D eigenvalue weighted by Crippen LogP contribution is -2.40. The highest BCUT2D eigenvalue weighted by Gasteiger charge is 2.61. The second-order valence-electron chi connectivity index (χ2n) is 5.62. The van der Waals surface area contributed by atoms with Crippen molar-refractivity contribution in [3.63, 3.8) is 0 Å². The van der Waals surface area contributed by atoms with E-state index < -0.39 is 11.4 Å². The predicted octanol–water partition coefficient (Wildman–Crippen LogP) is 1.86. The highest BCUT2D eigenvalue weighted by molar-refractivity contribution is 9.10. The van der Waals surface area contributed by atoms with Crippen LogP contribution in [0.1, 0.15) is 18.2 Å². The van der Waals surface area contributed by atoms with Gasteiger partial charge in [-0.1, -0.05) is 15.9 Å². The van der Waals surface area contributed by atoms with Crippen LogP contribution in [0, 0.1) is 0 Å². The van der Waals surface area contributed by atoms with Crippen molar-refractivity contribution in [3.8, 4) is 11.3 Å². The van der Waals surface area contributed by atoms with Crippen LogP contribution < -0.4 is 11.1 Å². The number of esters is 1. The summed E-state index contributed by atoms with van der Waals surface area (Å²) < 4.78 is 11.2. The molecule has 0 bridgehead atoms. The molecule has 1 unspecified atom stereocenters. The first-order valence-electron chi connectivity index (χ1n) is 7.09. The number of carbonyl (C=O) groups excluding carboxylic acids is 2. The number of anilines is 1. The standard InChI is InChI=1S/C16H12BrN3O4/c1-6-10(13(21)23-2)16(14(22)19-6)9-5-7(17)3-4-8(9)11-12(16)20-15(18)24-11/h3-5H,1-2H3,(H2,18,20)(H,19,22). The van der Waals surface area contributed by atoms with Crippen LogP contribution in [-0.2, 0) is 19.7 Å². The Labute approximate surface area is 145 Å². The average molecular weight is 390 g/mol. The number of nitrogens with one attached hydrogen (secondary N) is 1. The number of fused-ring (bicyclic) bond motifs is 5. The fraction of sp³-hybridized carbons (Fsp3) is 0.188. The molecule has 8 heteroatoms. The molecule has 1 aromatic carbocycles. The molecular formula is C16H12BrN3O4. The van der Waals surface area contributed by atoms with Gasteiger partial charge in [-0.3, -0.25) is 4.79 Å². The first-order chi connectivity index (χ1) is 11.4. The Morgan fingerprint density at radius 3 is 2.92 bits per heavy atom. The van der Waals surface area contributed by atoms with Crippen molar-refractivity contribution in [3.05, 3.63) is 45.2 Å². The molecule has 0 saturated heterocycles. The van der Waals surface area contributed by atoms with Crippen molar-refractivity contribution in [2.75, 3.05) is 12.8 Å². The first kappa shape index (κ1) is 14.9. The second kappa shape index (κ2) is 4.70. The molecule has 0 saturated carbocycles. The zero-order chi connectivity index (χ0) is 17.2. The molecule has 122 valence electrons. The van der Waals surface area contributed by atoms with Crippen LogP contribution in [-0.4, -0.2) is 24.0 Å². The van der Waals surface area contributed by atoms with Gasteiger partial charge in [-0.25, -0.2) is 4.79 Å². The summed E-state index contributed by atoms with van der Waals surface area (Å²) in [5.74, 6) is -0.598. The molecule has 1 atom stereocenters. The number of benzene rings is 1. The van der Waals surface area contributed by atoms with E-state index in [1.165, 1.54) is 7.11 Å². The van der Waals surface area contributed by atoms with Crippen LogP contribution >= 0.6 is 15.9 Å². The molecule has 1 aromatic heterocycles. The number of halogens is 1. The highest BCUT2D eigenvalue weighted by Crippen LogP contribution is 2.56. The highest BCUT2D eigenvalue weighted by atomic mass is 79.9. The normalized spacial score (nSPS) is 21.0. The Kier molecular flexibility index (Phi) is 2.93. The number of nitrogens with two attached hydrogens (primary N) is 1. The van der Waals surface area contributed by atoms with Crippen molar-refractivity contribution in [1.29, 1.82) is 0 Å². The molecule has 0 radical (unpaired) electrons. The molecule has 24 heavy (non-hydrogen) atoms. The number of ether oxygens (including phenoxy) is 1. The van der Waals surface area contributed by atoms with Crippen LogP contribution in [0.15, 0.2) is 38.4 Å². The fourth-order valence-corrected chi connectivity index (χ4v) is 3.90. The van der Waals surface area contributed by atoms with E-state index in [-0.39, 0.29) is 17.5 Å². The quantitative estimate of drug-likeness (QED) is 0.720. The predicted molar refractivity (Wildman–Crippen MR) is 87.7 cm³/mol. The molecule has 2 aliphatic rings. The lowest BCUT2D eigenvalue weighted by atomic mass is 9.75. The minimum absolute atomic E-state index is 0.0606. The van der Waals surface area contributed by atoms with E-state index in [0.717, 1.165) is 4.47 Å². The minimum Gasteiger partial charge on any atom is -0.466 e. The second-order valence-corrected chi connectivity index (χ2v) is 6.53. The van der Waals surface area contributed by atoms with Crippen molar-refractivity contribution in [1.82, 2.24) is 10.3 Å². The number of aromatic nitrogens is 1. The van der Waals surface area contributed by atoms with Gasteiger partial charge in [0.1, 0.15) is 5.69 Å². The largest absolute Gasteiger partial charge is 0.466 e. The third kappa shape index (κ3) is 1.58. The maximum atomic E-state index is 13.0. The topological polar surface area (TPSA) is 107 Å². The summed E-state index contributed by atoms with van der Waals surface area (Å²) in [6.07, 6.45) is 0. The number of hydrogen-bond donors (Lipinski definition) is 2. The van der Waals surface area contributed by atoms with E-state index in [0.29, 0.717) is 28.3 Å². The minimum atomic E-state index is -1.42. The number of amides is 1. The van der Waals surface area contributed by atoms with Crippen LogP contribution in [0.25, 0.3) is 11.3 Å². The van der Waals surface area contributed by atoms with Crippen molar-refractivity contribution < 1.29 is 18.7 Å². The summed E-state index contributed by atoms with van der Waals surface area (Å²) in [6, 6.07) is 5.34. The molecule has 7 nitrogen and oxygen atoms in total. The maximum absolute atomic E-state index is 13.0. The molecule has 1 spiro atoms. The molecule has 1 amide bonds. The summed E-state index contributed by atoms with van der Waals surface area (Å²) >= 11 is 3.41. The van der Waals surface area contributed by atoms with Gasteiger partial charge in [0, 0.05) is 15.7 Å². The van der Waals surface area contributed by atoms with E-state index in [2.05, 4.69) is 26.2 Å². The molecule has 1 aliphatic carbocycles. The van der Waals surface area contributed by atoms with Crippen molar-refractivity contribution >= 4 is 33.8 Å². The number of oxazole rings is 1. The lowest BCUT2D eigenvalue weighted by Gasteiger charge is -2.24. The monoisotopic (exact) mass is 389 g/mol. The SMILES string of the molecule is COC(=O)C1=C(C)NC(=O)C12c1cc(Br)ccc1-c1oc(N)nc12. The van der Waals surface area contributed by atoms with Gasteiger partial charge in [-0.15, -0.1) is 0 Å². The van der Waals surface area contributed by atoms with E-state index in [1.807, 2.05) is 6.07 Å². The molecular weight excluding hydrogens is 378 g/mol. The Balaban J connectivity index is 2.15. The van der Waals surface area contributed by atoms with Gasteiger partial charge in [0.05, 0.1) is 12.7 Å². The average Bonchev–Trinajstić information content (AvgIpc) is 3.11. The van der Waals surface area contributed by atoms with Crippen molar-refractivity contribution in [2.45, 2.75) is 12.3 Å². The summed E-state index contributed by atoms with van der Waals surface area (Å²) in [6.45, 7) is 1.65. The van der Waals surface area contributed by atoms with Crippen molar-refractivity contribution in [2.24, 2.45) is 0 Å². The fourth-order valence-electron chi connectivity index (χ4n) is 3.54. The molecule has 3 N–H and O–H groups in total. The Bertz CT molecular complexity index is 962. The number of nitrogens with zero attached hydrogens (tertiary/aromatic N) is 1. The van der Waals surface area contributed by atoms with Gasteiger partial charge < -0.3 is 20.2 Å². The zero-order valence-electron chi connectivity index (χ0n) is 12.8. The number of nitrogen functional groups attached to an aromatic ring is 1. The molecule has 1 aliphatic heterocycles.